The van der Waals surface area contributed by atoms with Gasteiger partial charge in [0.05, 0.1) is 17.1 Å². The molecule has 3 nitrogen and oxygen atoms in total. The molecular weight excluding hydrogens is 334 g/mol. The van der Waals surface area contributed by atoms with Crippen LogP contribution in [0.5, 0.6) is 5.75 Å². The Kier molecular flexibility index (Phi) is 5.56. The maximum Gasteiger partial charge on any atom is 0.253 e. The van der Waals surface area contributed by atoms with E-state index in [1.54, 1.807) is 24.3 Å². The molecule has 0 bridgehead atoms. The highest BCUT2D eigenvalue weighted by molar-refractivity contribution is 6.33. The molecule has 1 N–H and O–H groups in total. The minimum Gasteiger partial charge on any atom is -0.480 e. The van der Waals surface area contributed by atoms with Crippen LogP contribution in [0.2, 0.25) is 5.02 Å². The zero-order valence-electron chi connectivity index (χ0n) is 13.5. The standard InChI is InChI=1S/C21H16ClNO2/c22-19-12-4-3-11-18(19)21(24)23-14-5-6-15-25-20-13-7-9-16-8-1-2-10-17(16)20/h1-4,7-13H,14-15H2,(H,23,24). The van der Waals surface area contributed by atoms with Crippen molar-refractivity contribution in [1.82, 2.24) is 5.32 Å². The second-order valence-corrected chi connectivity index (χ2v) is 5.69. The average molecular weight is 350 g/mol. The maximum absolute atomic E-state index is 12.0. The van der Waals surface area contributed by atoms with Gasteiger partial charge in [-0.05, 0) is 23.6 Å². The van der Waals surface area contributed by atoms with Crippen LogP contribution in [-0.4, -0.2) is 19.1 Å². The minimum absolute atomic E-state index is 0.239. The zero-order valence-corrected chi connectivity index (χ0v) is 14.2. The molecule has 0 fully saturated rings. The van der Waals surface area contributed by atoms with Gasteiger partial charge in [-0.3, -0.25) is 4.79 Å². The van der Waals surface area contributed by atoms with Gasteiger partial charge in [0.15, 0.2) is 0 Å². The van der Waals surface area contributed by atoms with E-state index >= 15 is 0 Å². The third-order valence-electron chi connectivity index (χ3n) is 3.63. The molecule has 0 aliphatic carbocycles. The first-order valence-electron chi connectivity index (χ1n) is 7.85. The van der Waals surface area contributed by atoms with Crippen LogP contribution in [0.15, 0.2) is 66.7 Å². The fourth-order valence-corrected chi connectivity index (χ4v) is 2.64. The van der Waals surface area contributed by atoms with Gasteiger partial charge in [0.25, 0.3) is 5.91 Å². The van der Waals surface area contributed by atoms with Crippen molar-refractivity contribution in [3.8, 4) is 17.6 Å². The van der Waals surface area contributed by atoms with Crippen molar-refractivity contribution >= 4 is 28.3 Å². The second-order valence-electron chi connectivity index (χ2n) is 5.28. The van der Waals surface area contributed by atoms with Crippen LogP contribution in [0.4, 0.5) is 0 Å². The van der Waals surface area contributed by atoms with Crippen molar-refractivity contribution in [2.24, 2.45) is 0 Å². The molecule has 0 saturated heterocycles. The van der Waals surface area contributed by atoms with E-state index in [4.69, 9.17) is 16.3 Å². The molecular formula is C21H16ClNO2. The minimum atomic E-state index is -0.241. The van der Waals surface area contributed by atoms with Gasteiger partial charge in [-0.1, -0.05) is 72.0 Å². The molecule has 124 valence electrons. The van der Waals surface area contributed by atoms with Crippen LogP contribution < -0.4 is 10.1 Å². The van der Waals surface area contributed by atoms with E-state index in [9.17, 15) is 4.79 Å². The Morgan fingerprint density at radius 2 is 1.72 bits per heavy atom. The number of nitrogens with one attached hydrogen (secondary N) is 1. The van der Waals surface area contributed by atoms with Crippen molar-refractivity contribution in [2.45, 2.75) is 0 Å². The Morgan fingerprint density at radius 1 is 0.960 bits per heavy atom. The highest BCUT2D eigenvalue weighted by atomic mass is 35.5. The zero-order chi connectivity index (χ0) is 17.5. The molecule has 3 rings (SSSR count). The van der Waals surface area contributed by atoms with Crippen molar-refractivity contribution in [1.29, 1.82) is 0 Å². The molecule has 0 aliphatic heterocycles. The summed E-state index contributed by atoms with van der Waals surface area (Å²) < 4.78 is 5.72. The van der Waals surface area contributed by atoms with E-state index in [1.165, 1.54) is 0 Å². The van der Waals surface area contributed by atoms with Crippen molar-refractivity contribution < 1.29 is 9.53 Å². The Morgan fingerprint density at radius 3 is 2.60 bits per heavy atom. The molecule has 0 radical (unpaired) electrons. The summed E-state index contributed by atoms with van der Waals surface area (Å²) >= 11 is 5.98. The molecule has 0 unspecified atom stereocenters. The first kappa shape index (κ1) is 16.9. The Hall–Kier alpha value is -2.96. The maximum atomic E-state index is 12.0. The second kappa shape index (κ2) is 8.23. The number of hydrogen-bond donors (Lipinski definition) is 1. The number of ether oxygens (including phenoxy) is 1. The van der Waals surface area contributed by atoms with Crippen LogP contribution in [-0.2, 0) is 0 Å². The predicted octanol–water partition coefficient (Wildman–Crippen LogP) is 4.31. The molecule has 0 saturated carbocycles. The number of benzene rings is 3. The summed E-state index contributed by atoms with van der Waals surface area (Å²) in [5, 5.41) is 5.32. The van der Waals surface area contributed by atoms with Crippen LogP contribution in [0, 0.1) is 11.8 Å². The van der Waals surface area contributed by atoms with Crippen LogP contribution in [0.3, 0.4) is 0 Å². The summed E-state index contributed by atoms with van der Waals surface area (Å²) in [5.74, 6) is 6.33. The first-order valence-corrected chi connectivity index (χ1v) is 8.22. The van der Waals surface area contributed by atoms with Crippen LogP contribution in [0.1, 0.15) is 10.4 Å². The fraction of sp³-hybridized carbons (Fsp3) is 0.0952. The Bertz CT molecular complexity index is 951. The molecule has 0 aromatic heterocycles. The molecule has 0 aliphatic rings. The van der Waals surface area contributed by atoms with Gasteiger partial charge in [-0.2, -0.15) is 0 Å². The van der Waals surface area contributed by atoms with E-state index < -0.39 is 0 Å². The lowest BCUT2D eigenvalue weighted by Gasteiger charge is -2.06. The summed E-state index contributed by atoms with van der Waals surface area (Å²) in [4.78, 5) is 12.0. The van der Waals surface area contributed by atoms with E-state index in [0.717, 1.165) is 16.5 Å². The lowest BCUT2D eigenvalue weighted by molar-refractivity contribution is 0.0959. The topological polar surface area (TPSA) is 38.3 Å². The van der Waals surface area contributed by atoms with Gasteiger partial charge in [-0.25, -0.2) is 0 Å². The van der Waals surface area contributed by atoms with E-state index in [1.807, 2.05) is 42.5 Å². The molecule has 0 atom stereocenters. The van der Waals surface area contributed by atoms with Gasteiger partial charge < -0.3 is 10.1 Å². The highest BCUT2D eigenvalue weighted by Gasteiger charge is 2.07. The number of rotatable bonds is 4. The van der Waals surface area contributed by atoms with E-state index in [-0.39, 0.29) is 19.1 Å². The number of carbonyl (C=O) groups is 1. The average Bonchev–Trinajstić information content (AvgIpc) is 2.65. The van der Waals surface area contributed by atoms with Gasteiger partial charge >= 0.3 is 0 Å². The summed E-state index contributed by atoms with van der Waals surface area (Å²) in [7, 11) is 0. The largest absolute Gasteiger partial charge is 0.480 e. The van der Waals surface area contributed by atoms with Crippen LogP contribution in [0.25, 0.3) is 10.8 Å². The summed E-state index contributed by atoms with van der Waals surface area (Å²) in [5.41, 5.74) is 0.443. The molecule has 0 heterocycles. The number of fused-ring (bicyclic) bond motifs is 1. The van der Waals surface area contributed by atoms with Crippen molar-refractivity contribution in [3.63, 3.8) is 0 Å². The molecule has 1 amide bonds. The van der Waals surface area contributed by atoms with Crippen molar-refractivity contribution in [3.05, 3.63) is 77.3 Å². The van der Waals surface area contributed by atoms with Gasteiger partial charge in [0.2, 0.25) is 0 Å². The molecule has 3 aromatic carbocycles. The van der Waals surface area contributed by atoms with E-state index in [0.29, 0.717) is 10.6 Å². The lowest BCUT2D eigenvalue weighted by Crippen LogP contribution is -2.23. The fourth-order valence-electron chi connectivity index (χ4n) is 2.41. The van der Waals surface area contributed by atoms with Crippen molar-refractivity contribution in [2.75, 3.05) is 13.2 Å². The van der Waals surface area contributed by atoms with Gasteiger partial charge in [0, 0.05) is 5.39 Å². The Balaban J connectivity index is 1.52. The molecule has 3 aromatic rings. The van der Waals surface area contributed by atoms with Gasteiger partial charge in [0.1, 0.15) is 12.4 Å². The Labute approximate surface area is 151 Å². The SMILES string of the molecule is O=C(NCC#CCOc1cccc2ccccc12)c1ccccc1Cl. The molecule has 0 spiro atoms. The number of amides is 1. The molecule has 25 heavy (non-hydrogen) atoms. The smallest absolute Gasteiger partial charge is 0.253 e. The first-order chi connectivity index (χ1) is 12.3. The summed E-state index contributed by atoms with van der Waals surface area (Å²) in [6, 6.07) is 20.8. The third-order valence-corrected chi connectivity index (χ3v) is 3.96. The number of carbonyl (C=O) groups excluding carboxylic acids is 1. The quantitative estimate of drug-likeness (QED) is 0.713. The van der Waals surface area contributed by atoms with Crippen LogP contribution >= 0.6 is 11.6 Å². The predicted molar refractivity (Wildman–Crippen MR) is 101 cm³/mol. The summed E-state index contributed by atoms with van der Waals surface area (Å²) in [6.07, 6.45) is 0. The lowest BCUT2D eigenvalue weighted by atomic mass is 10.1. The normalized spacial score (nSPS) is 9.96. The highest BCUT2D eigenvalue weighted by Crippen LogP contribution is 2.24. The number of hydrogen-bond acceptors (Lipinski definition) is 2. The van der Waals surface area contributed by atoms with E-state index in [2.05, 4.69) is 17.2 Å². The number of halogens is 1. The molecule has 4 heteroatoms. The van der Waals surface area contributed by atoms with Gasteiger partial charge in [-0.15, -0.1) is 0 Å². The monoisotopic (exact) mass is 349 g/mol. The third kappa shape index (κ3) is 4.32. The summed E-state index contributed by atoms with van der Waals surface area (Å²) in [6.45, 7) is 0.499.